The Morgan fingerprint density at radius 3 is 2.52 bits per heavy atom. The van der Waals surface area contributed by atoms with E-state index in [1.54, 1.807) is 6.07 Å². The highest BCUT2D eigenvalue weighted by Gasteiger charge is 2.30. The van der Waals surface area contributed by atoms with Gasteiger partial charge in [-0.2, -0.15) is 13.2 Å². The van der Waals surface area contributed by atoms with E-state index in [1.807, 2.05) is 36.4 Å². The number of amides is 1. The van der Waals surface area contributed by atoms with Crippen LogP contribution in [0.3, 0.4) is 0 Å². The summed E-state index contributed by atoms with van der Waals surface area (Å²) in [6.07, 6.45) is -3.65. The Morgan fingerprint density at radius 2 is 1.80 bits per heavy atom. The number of carbonyl (C=O) groups is 1. The number of rotatable bonds is 4. The lowest BCUT2D eigenvalue weighted by Gasteiger charge is -2.09. The summed E-state index contributed by atoms with van der Waals surface area (Å²) < 4.78 is 37.5. The van der Waals surface area contributed by atoms with Crippen LogP contribution >= 0.6 is 11.8 Å². The van der Waals surface area contributed by atoms with Gasteiger partial charge in [0.2, 0.25) is 5.91 Å². The molecule has 3 aromatic rings. The number of nitrogens with zero attached hydrogens (tertiary/aromatic N) is 1. The van der Waals surface area contributed by atoms with E-state index in [0.29, 0.717) is 10.7 Å². The zero-order chi connectivity index (χ0) is 17.9. The highest BCUT2D eigenvalue weighted by Crippen LogP contribution is 2.29. The molecular formula is C18H13F3N2OS. The largest absolute Gasteiger partial charge is 0.417 e. The van der Waals surface area contributed by atoms with E-state index in [-0.39, 0.29) is 11.7 Å². The molecule has 7 heteroatoms. The summed E-state index contributed by atoms with van der Waals surface area (Å²) in [5, 5.41) is 5.12. The summed E-state index contributed by atoms with van der Waals surface area (Å²) in [4.78, 5) is 15.9. The molecule has 128 valence electrons. The van der Waals surface area contributed by atoms with E-state index >= 15 is 0 Å². The van der Waals surface area contributed by atoms with Gasteiger partial charge in [-0.25, -0.2) is 4.98 Å². The van der Waals surface area contributed by atoms with Crippen molar-refractivity contribution in [2.75, 3.05) is 11.1 Å². The van der Waals surface area contributed by atoms with Gasteiger partial charge in [0, 0.05) is 17.3 Å². The van der Waals surface area contributed by atoms with Gasteiger partial charge >= 0.3 is 6.18 Å². The number of nitrogens with one attached hydrogen (secondary N) is 1. The van der Waals surface area contributed by atoms with E-state index in [0.717, 1.165) is 34.8 Å². The number of thioether (sulfide) groups is 1. The van der Waals surface area contributed by atoms with Gasteiger partial charge in [-0.15, -0.1) is 0 Å². The summed E-state index contributed by atoms with van der Waals surface area (Å²) >= 11 is 1.08. The first-order chi connectivity index (χ1) is 11.9. The third kappa shape index (κ3) is 4.30. The fourth-order valence-corrected chi connectivity index (χ4v) is 2.94. The number of alkyl halides is 3. The normalized spacial score (nSPS) is 11.5. The van der Waals surface area contributed by atoms with Crippen LogP contribution in [-0.4, -0.2) is 16.6 Å². The minimum absolute atomic E-state index is 0.0571. The Morgan fingerprint density at radius 1 is 1.04 bits per heavy atom. The Labute approximate surface area is 146 Å². The van der Waals surface area contributed by atoms with E-state index in [4.69, 9.17) is 0 Å². The van der Waals surface area contributed by atoms with Crippen LogP contribution in [0.1, 0.15) is 5.56 Å². The molecule has 0 unspecified atom stereocenters. The van der Waals surface area contributed by atoms with Gasteiger partial charge < -0.3 is 5.32 Å². The summed E-state index contributed by atoms with van der Waals surface area (Å²) in [6, 6.07) is 15.5. The SMILES string of the molecule is O=C(CSc1ccc(C(F)(F)F)cn1)Nc1cccc2ccccc12. The van der Waals surface area contributed by atoms with Gasteiger partial charge in [0.05, 0.1) is 16.3 Å². The van der Waals surface area contributed by atoms with Crippen LogP contribution in [0.4, 0.5) is 18.9 Å². The van der Waals surface area contributed by atoms with Gasteiger partial charge in [-0.05, 0) is 23.6 Å². The number of benzene rings is 2. The lowest BCUT2D eigenvalue weighted by atomic mass is 10.1. The lowest BCUT2D eigenvalue weighted by molar-refractivity contribution is -0.137. The number of hydrogen-bond acceptors (Lipinski definition) is 3. The topological polar surface area (TPSA) is 42.0 Å². The first-order valence-corrected chi connectivity index (χ1v) is 8.36. The van der Waals surface area contributed by atoms with Crippen LogP contribution in [0, 0.1) is 0 Å². The molecule has 0 aliphatic carbocycles. The molecule has 0 spiro atoms. The molecule has 1 amide bonds. The molecule has 1 heterocycles. The molecule has 0 atom stereocenters. The van der Waals surface area contributed by atoms with Crippen molar-refractivity contribution in [3.8, 4) is 0 Å². The van der Waals surface area contributed by atoms with E-state index in [2.05, 4.69) is 10.3 Å². The number of aromatic nitrogens is 1. The fourth-order valence-electron chi connectivity index (χ4n) is 2.29. The Kier molecular flexibility index (Phi) is 4.94. The highest BCUT2D eigenvalue weighted by molar-refractivity contribution is 7.99. The zero-order valence-electron chi connectivity index (χ0n) is 12.9. The number of pyridine rings is 1. The van der Waals surface area contributed by atoms with E-state index in [1.165, 1.54) is 6.07 Å². The van der Waals surface area contributed by atoms with Crippen LogP contribution in [0.25, 0.3) is 10.8 Å². The summed E-state index contributed by atoms with van der Waals surface area (Å²) in [5.41, 5.74) is -0.110. The van der Waals surface area contributed by atoms with Gasteiger partial charge in [0.25, 0.3) is 0 Å². The quantitative estimate of drug-likeness (QED) is 0.665. The number of anilines is 1. The molecule has 3 rings (SSSR count). The number of carbonyl (C=O) groups excluding carboxylic acids is 1. The van der Waals surface area contributed by atoms with Crippen molar-refractivity contribution in [2.45, 2.75) is 11.2 Å². The summed E-state index contributed by atoms with van der Waals surface area (Å²) in [6.45, 7) is 0. The molecule has 2 aromatic carbocycles. The smallest absolute Gasteiger partial charge is 0.325 e. The molecule has 0 radical (unpaired) electrons. The van der Waals surface area contributed by atoms with Gasteiger partial charge in [-0.1, -0.05) is 48.2 Å². The number of fused-ring (bicyclic) bond motifs is 1. The van der Waals surface area contributed by atoms with Crippen molar-refractivity contribution in [2.24, 2.45) is 0 Å². The minimum Gasteiger partial charge on any atom is -0.325 e. The monoisotopic (exact) mass is 362 g/mol. The number of halogens is 3. The average molecular weight is 362 g/mol. The Bertz CT molecular complexity index is 889. The molecule has 0 saturated heterocycles. The van der Waals surface area contributed by atoms with Crippen LogP contribution in [-0.2, 0) is 11.0 Å². The maximum absolute atomic E-state index is 12.5. The van der Waals surface area contributed by atoms with E-state index in [9.17, 15) is 18.0 Å². The molecule has 1 aromatic heterocycles. The average Bonchev–Trinajstić information content (AvgIpc) is 2.60. The van der Waals surface area contributed by atoms with Crippen molar-refractivity contribution in [3.05, 3.63) is 66.4 Å². The first kappa shape index (κ1) is 17.3. The minimum atomic E-state index is -4.41. The summed E-state index contributed by atoms with van der Waals surface area (Å²) in [5.74, 6) is -0.190. The third-order valence-corrected chi connectivity index (χ3v) is 4.42. The van der Waals surface area contributed by atoms with Gasteiger partial charge in [-0.3, -0.25) is 4.79 Å². The van der Waals surface area contributed by atoms with Crippen molar-refractivity contribution >= 4 is 34.1 Å². The van der Waals surface area contributed by atoms with Gasteiger partial charge in [0.15, 0.2) is 0 Å². The molecule has 0 aliphatic heterocycles. The van der Waals surface area contributed by atoms with E-state index < -0.39 is 11.7 Å². The molecule has 3 nitrogen and oxygen atoms in total. The molecular weight excluding hydrogens is 349 g/mol. The molecule has 25 heavy (non-hydrogen) atoms. The van der Waals surface area contributed by atoms with Crippen LogP contribution in [0.2, 0.25) is 0 Å². The van der Waals surface area contributed by atoms with Crippen molar-refractivity contribution in [1.82, 2.24) is 4.98 Å². The molecule has 0 bridgehead atoms. The molecule has 1 N–H and O–H groups in total. The van der Waals surface area contributed by atoms with Crippen LogP contribution in [0.15, 0.2) is 65.8 Å². The van der Waals surface area contributed by atoms with Crippen molar-refractivity contribution < 1.29 is 18.0 Å². The maximum Gasteiger partial charge on any atom is 0.417 e. The maximum atomic E-state index is 12.5. The lowest BCUT2D eigenvalue weighted by Crippen LogP contribution is -2.14. The Balaban J connectivity index is 1.63. The van der Waals surface area contributed by atoms with Crippen molar-refractivity contribution in [3.63, 3.8) is 0 Å². The summed E-state index contributed by atoms with van der Waals surface area (Å²) in [7, 11) is 0. The Hall–Kier alpha value is -2.54. The fraction of sp³-hybridized carbons (Fsp3) is 0.111. The molecule has 0 saturated carbocycles. The van der Waals surface area contributed by atoms with Crippen LogP contribution < -0.4 is 5.32 Å². The molecule has 0 fully saturated rings. The van der Waals surface area contributed by atoms with Crippen LogP contribution in [0.5, 0.6) is 0 Å². The zero-order valence-corrected chi connectivity index (χ0v) is 13.7. The standard InChI is InChI=1S/C18H13F3N2OS/c19-18(20,21)13-8-9-17(22-10-13)25-11-16(24)23-15-7-3-5-12-4-1-2-6-14(12)15/h1-10H,11H2,(H,23,24). The molecule has 0 aliphatic rings. The second kappa shape index (κ2) is 7.14. The first-order valence-electron chi connectivity index (χ1n) is 7.37. The second-order valence-electron chi connectivity index (χ2n) is 5.25. The highest BCUT2D eigenvalue weighted by atomic mass is 32.2. The third-order valence-electron chi connectivity index (χ3n) is 3.48. The predicted octanol–water partition coefficient (Wildman–Crippen LogP) is 4.98. The predicted molar refractivity (Wildman–Crippen MR) is 92.5 cm³/mol. The van der Waals surface area contributed by atoms with Crippen molar-refractivity contribution in [1.29, 1.82) is 0 Å². The number of hydrogen-bond donors (Lipinski definition) is 1. The second-order valence-corrected chi connectivity index (χ2v) is 6.24. The van der Waals surface area contributed by atoms with Gasteiger partial charge in [0.1, 0.15) is 0 Å².